The van der Waals surface area contributed by atoms with E-state index < -0.39 is 15.8 Å². The molecule has 1 aromatic heterocycles. The summed E-state index contributed by atoms with van der Waals surface area (Å²) >= 11 is 0. The van der Waals surface area contributed by atoms with Gasteiger partial charge in [-0.25, -0.2) is 17.9 Å². The Bertz CT molecular complexity index is 1150. The SMILES string of the molecule is CCn1c(=O)oc2cc(S(=O)(=O)NC[C@@H]3CCN(Cc4ccccc4)C3)ccc21. The lowest BCUT2D eigenvalue weighted by atomic mass is 10.1. The first-order valence-electron chi connectivity index (χ1n) is 9.85. The van der Waals surface area contributed by atoms with Crippen molar-refractivity contribution >= 4 is 21.1 Å². The van der Waals surface area contributed by atoms with Gasteiger partial charge in [-0.15, -0.1) is 0 Å². The molecule has 29 heavy (non-hydrogen) atoms. The number of oxazole rings is 1. The second-order valence-electron chi connectivity index (χ2n) is 7.47. The van der Waals surface area contributed by atoms with Crippen LogP contribution in [0.4, 0.5) is 0 Å². The summed E-state index contributed by atoms with van der Waals surface area (Å²) in [6.07, 6.45) is 0.961. The number of nitrogens with zero attached hydrogens (tertiary/aromatic N) is 2. The molecule has 2 aromatic carbocycles. The molecule has 0 saturated carbocycles. The minimum absolute atomic E-state index is 0.112. The number of rotatable bonds is 7. The van der Waals surface area contributed by atoms with Crippen LogP contribution in [-0.2, 0) is 23.1 Å². The van der Waals surface area contributed by atoms with Crippen LogP contribution in [0.15, 0.2) is 62.6 Å². The fourth-order valence-electron chi connectivity index (χ4n) is 3.89. The topological polar surface area (TPSA) is 84.5 Å². The third-order valence-electron chi connectivity index (χ3n) is 5.45. The van der Waals surface area contributed by atoms with Crippen LogP contribution in [0.3, 0.4) is 0 Å². The third kappa shape index (κ3) is 4.29. The average molecular weight is 416 g/mol. The monoisotopic (exact) mass is 415 g/mol. The quantitative estimate of drug-likeness (QED) is 0.641. The minimum atomic E-state index is -3.67. The smallest absolute Gasteiger partial charge is 0.408 e. The lowest BCUT2D eigenvalue weighted by molar-refractivity contribution is 0.316. The van der Waals surface area contributed by atoms with Gasteiger partial charge < -0.3 is 4.42 Å². The Hall–Kier alpha value is -2.42. The molecule has 1 fully saturated rings. The average Bonchev–Trinajstić information content (AvgIpc) is 3.29. The van der Waals surface area contributed by atoms with E-state index in [1.54, 1.807) is 6.07 Å². The number of hydrogen-bond acceptors (Lipinski definition) is 5. The number of hydrogen-bond donors (Lipinski definition) is 1. The van der Waals surface area contributed by atoms with Crippen LogP contribution in [0.25, 0.3) is 11.1 Å². The van der Waals surface area contributed by atoms with Crippen molar-refractivity contribution in [3.8, 4) is 0 Å². The summed E-state index contributed by atoms with van der Waals surface area (Å²) in [6, 6.07) is 14.8. The molecule has 7 nitrogen and oxygen atoms in total. The number of aryl methyl sites for hydroxylation is 1. The largest absolute Gasteiger partial charge is 0.419 e. The number of sulfonamides is 1. The van der Waals surface area contributed by atoms with Gasteiger partial charge in [-0.1, -0.05) is 30.3 Å². The molecule has 3 aromatic rings. The molecule has 2 heterocycles. The van der Waals surface area contributed by atoms with E-state index in [1.807, 2.05) is 25.1 Å². The Morgan fingerprint density at radius 3 is 2.72 bits per heavy atom. The summed E-state index contributed by atoms with van der Waals surface area (Å²) in [5, 5.41) is 0. The zero-order valence-electron chi connectivity index (χ0n) is 16.4. The molecule has 0 spiro atoms. The maximum absolute atomic E-state index is 12.7. The van der Waals surface area contributed by atoms with E-state index in [2.05, 4.69) is 21.8 Å². The van der Waals surface area contributed by atoms with Crippen LogP contribution in [0.5, 0.6) is 0 Å². The van der Waals surface area contributed by atoms with Crippen LogP contribution in [0, 0.1) is 5.92 Å². The van der Waals surface area contributed by atoms with E-state index >= 15 is 0 Å². The number of fused-ring (bicyclic) bond motifs is 1. The summed E-state index contributed by atoms with van der Waals surface area (Å²) in [6.45, 7) is 5.41. The van der Waals surface area contributed by atoms with Crippen molar-refractivity contribution in [2.75, 3.05) is 19.6 Å². The maximum atomic E-state index is 12.7. The van der Waals surface area contributed by atoms with E-state index in [4.69, 9.17) is 4.42 Å². The van der Waals surface area contributed by atoms with Crippen LogP contribution >= 0.6 is 0 Å². The van der Waals surface area contributed by atoms with Crippen molar-refractivity contribution in [2.24, 2.45) is 5.92 Å². The van der Waals surface area contributed by atoms with Gasteiger partial charge in [0, 0.05) is 32.2 Å². The van der Waals surface area contributed by atoms with E-state index in [0.29, 0.717) is 18.6 Å². The highest BCUT2D eigenvalue weighted by atomic mass is 32.2. The Morgan fingerprint density at radius 1 is 1.17 bits per heavy atom. The summed E-state index contributed by atoms with van der Waals surface area (Å²) in [5.74, 6) is -0.203. The highest BCUT2D eigenvalue weighted by Gasteiger charge is 2.25. The van der Waals surface area contributed by atoms with Crippen molar-refractivity contribution in [1.29, 1.82) is 0 Å². The van der Waals surface area contributed by atoms with E-state index in [0.717, 1.165) is 26.1 Å². The molecule has 0 radical (unpaired) electrons. The molecule has 1 aliphatic heterocycles. The second kappa shape index (κ2) is 8.14. The predicted octanol–water partition coefficient (Wildman–Crippen LogP) is 2.41. The second-order valence-corrected chi connectivity index (χ2v) is 9.24. The Labute approximate surface area is 170 Å². The molecular weight excluding hydrogens is 390 g/mol. The third-order valence-corrected chi connectivity index (χ3v) is 6.87. The highest BCUT2D eigenvalue weighted by Crippen LogP contribution is 2.21. The number of nitrogens with one attached hydrogen (secondary N) is 1. The van der Waals surface area contributed by atoms with Gasteiger partial charge in [0.2, 0.25) is 10.0 Å². The lowest BCUT2D eigenvalue weighted by Crippen LogP contribution is -2.31. The Morgan fingerprint density at radius 2 is 1.97 bits per heavy atom. The van der Waals surface area contributed by atoms with Gasteiger partial charge in [0.1, 0.15) is 0 Å². The van der Waals surface area contributed by atoms with Gasteiger partial charge in [0.25, 0.3) is 0 Å². The van der Waals surface area contributed by atoms with Gasteiger partial charge in [0.05, 0.1) is 10.4 Å². The molecule has 1 aliphatic rings. The molecule has 1 atom stereocenters. The van der Waals surface area contributed by atoms with Gasteiger partial charge in [0.15, 0.2) is 5.58 Å². The molecule has 0 aliphatic carbocycles. The van der Waals surface area contributed by atoms with Gasteiger partial charge >= 0.3 is 5.76 Å². The first-order chi connectivity index (χ1) is 14.0. The zero-order valence-corrected chi connectivity index (χ0v) is 17.2. The van der Waals surface area contributed by atoms with Crippen molar-refractivity contribution in [3.63, 3.8) is 0 Å². The molecule has 4 rings (SSSR count). The summed E-state index contributed by atoms with van der Waals surface area (Å²) < 4.78 is 34.8. The van der Waals surface area contributed by atoms with Gasteiger partial charge in [-0.2, -0.15) is 0 Å². The highest BCUT2D eigenvalue weighted by molar-refractivity contribution is 7.89. The molecule has 0 bridgehead atoms. The van der Waals surface area contributed by atoms with Crippen LogP contribution in [0.1, 0.15) is 18.9 Å². The molecule has 8 heteroatoms. The molecule has 0 amide bonds. The molecule has 1 saturated heterocycles. The number of likely N-dealkylation sites (tertiary alicyclic amines) is 1. The molecule has 154 valence electrons. The zero-order chi connectivity index (χ0) is 20.4. The first kappa shape index (κ1) is 19.9. The van der Waals surface area contributed by atoms with Gasteiger partial charge in [-0.05, 0) is 43.5 Å². The van der Waals surface area contributed by atoms with Gasteiger partial charge in [-0.3, -0.25) is 9.47 Å². The summed E-state index contributed by atoms with van der Waals surface area (Å²) in [5.41, 5.74) is 2.15. The Balaban J connectivity index is 1.39. The van der Waals surface area contributed by atoms with Crippen LogP contribution < -0.4 is 10.5 Å². The van der Waals surface area contributed by atoms with Crippen molar-refractivity contribution < 1.29 is 12.8 Å². The Kier molecular flexibility index (Phi) is 5.58. The van der Waals surface area contributed by atoms with Crippen molar-refractivity contribution in [1.82, 2.24) is 14.2 Å². The standard InChI is InChI=1S/C21H25N3O4S/c1-2-24-19-9-8-18(12-20(19)28-21(24)25)29(26,27)22-13-17-10-11-23(15-17)14-16-6-4-3-5-7-16/h3-9,12,17,22H,2,10-11,13-15H2,1H3/t17-/m0/s1. The normalized spacial score (nSPS) is 17.9. The fraction of sp³-hybridized carbons (Fsp3) is 0.381. The lowest BCUT2D eigenvalue weighted by Gasteiger charge is -2.16. The van der Waals surface area contributed by atoms with Crippen LogP contribution in [-0.4, -0.2) is 37.5 Å². The molecule has 0 unspecified atom stereocenters. The van der Waals surface area contributed by atoms with Crippen molar-refractivity contribution in [2.45, 2.75) is 31.3 Å². The first-order valence-corrected chi connectivity index (χ1v) is 11.3. The van der Waals surface area contributed by atoms with E-state index in [9.17, 15) is 13.2 Å². The maximum Gasteiger partial charge on any atom is 0.419 e. The minimum Gasteiger partial charge on any atom is -0.408 e. The summed E-state index contributed by atoms with van der Waals surface area (Å²) in [7, 11) is -3.67. The summed E-state index contributed by atoms with van der Waals surface area (Å²) in [4.78, 5) is 14.3. The van der Waals surface area contributed by atoms with E-state index in [-0.39, 0.29) is 16.4 Å². The molecular formula is C21H25N3O4S. The van der Waals surface area contributed by atoms with E-state index in [1.165, 1.54) is 22.3 Å². The fourth-order valence-corrected chi connectivity index (χ4v) is 5.02. The predicted molar refractivity (Wildman–Crippen MR) is 111 cm³/mol. The number of benzene rings is 2. The number of aromatic nitrogens is 1. The van der Waals surface area contributed by atoms with Crippen LogP contribution in [0.2, 0.25) is 0 Å². The molecule has 1 N–H and O–H groups in total. The van der Waals surface area contributed by atoms with Crippen molar-refractivity contribution in [3.05, 3.63) is 64.6 Å².